The van der Waals surface area contributed by atoms with Crippen LogP contribution in [0.5, 0.6) is 5.75 Å². The molecule has 0 fully saturated rings. The number of ether oxygens (including phenoxy) is 1. The Bertz CT molecular complexity index is 780. The predicted octanol–water partition coefficient (Wildman–Crippen LogP) is 5.41. The van der Waals surface area contributed by atoms with Gasteiger partial charge in [0.25, 0.3) is 0 Å². The minimum atomic E-state index is 0.845. The monoisotopic (exact) mass is 289 g/mol. The molecule has 0 aliphatic carbocycles. The number of para-hydroxylation sites is 1. The van der Waals surface area contributed by atoms with E-state index in [1.54, 1.807) is 7.11 Å². The predicted molar refractivity (Wildman–Crippen MR) is 92.9 cm³/mol. The van der Waals surface area contributed by atoms with Gasteiger partial charge < -0.3 is 10.1 Å². The van der Waals surface area contributed by atoms with Gasteiger partial charge in [0.2, 0.25) is 0 Å². The lowest BCUT2D eigenvalue weighted by Crippen LogP contribution is -1.94. The third kappa shape index (κ3) is 3.12. The van der Waals surface area contributed by atoms with Gasteiger partial charge in [-0.3, -0.25) is 0 Å². The summed E-state index contributed by atoms with van der Waals surface area (Å²) in [5.74, 6) is 0.845. The van der Waals surface area contributed by atoms with Crippen molar-refractivity contribution in [2.45, 2.75) is 6.92 Å². The molecule has 110 valence electrons. The highest BCUT2D eigenvalue weighted by atomic mass is 16.5. The van der Waals surface area contributed by atoms with Gasteiger partial charge in [-0.1, -0.05) is 54.1 Å². The Kier molecular flexibility index (Phi) is 4.10. The van der Waals surface area contributed by atoms with Crippen LogP contribution in [0.2, 0.25) is 0 Å². The third-order valence-corrected chi connectivity index (χ3v) is 3.60. The van der Waals surface area contributed by atoms with E-state index >= 15 is 0 Å². The average molecular weight is 289 g/mol. The second kappa shape index (κ2) is 6.35. The zero-order valence-corrected chi connectivity index (χ0v) is 12.8. The van der Waals surface area contributed by atoms with E-state index < -0.39 is 0 Å². The van der Waals surface area contributed by atoms with Gasteiger partial charge in [-0.05, 0) is 30.7 Å². The van der Waals surface area contributed by atoms with Gasteiger partial charge in [0, 0.05) is 23.0 Å². The van der Waals surface area contributed by atoms with Crippen molar-refractivity contribution < 1.29 is 4.74 Å². The number of aryl methyl sites for hydroxylation is 1. The fourth-order valence-corrected chi connectivity index (χ4v) is 2.51. The average Bonchev–Trinajstić information content (AvgIpc) is 2.55. The Morgan fingerprint density at radius 1 is 0.818 bits per heavy atom. The van der Waals surface area contributed by atoms with Gasteiger partial charge in [-0.15, -0.1) is 0 Å². The van der Waals surface area contributed by atoms with Crippen LogP contribution in [0, 0.1) is 6.92 Å². The largest absolute Gasteiger partial charge is 0.497 e. The number of hydrogen-bond donors (Lipinski definition) is 1. The zero-order valence-electron chi connectivity index (χ0n) is 12.8. The summed E-state index contributed by atoms with van der Waals surface area (Å²) in [6.07, 6.45) is 0. The van der Waals surface area contributed by atoms with Gasteiger partial charge in [-0.25, -0.2) is 0 Å². The maximum atomic E-state index is 5.28. The molecule has 2 nitrogen and oxygen atoms in total. The maximum Gasteiger partial charge on any atom is 0.120 e. The van der Waals surface area contributed by atoms with E-state index in [1.165, 1.54) is 16.7 Å². The second-order valence-corrected chi connectivity index (χ2v) is 5.27. The first-order valence-corrected chi connectivity index (χ1v) is 7.33. The first-order valence-electron chi connectivity index (χ1n) is 7.33. The van der Waals surface area contributed by atoms with Gasteiger partial charge in [0.1, 0.15) is 5.75 Å². The van der Waals surface area contributed by atoms with Gasteiger partial charge in [0.15, 0.2) is 0 Å². The molecule has 0 spiro atoms. The molecule has 0 unspecified atom stereocenters. The van der Waals surface area contributed by atoms with Crippen LogP contribution in [0.15, 0.2) is 72.8 Å². The highest BCUT2D eigenvalue weighted by Gasteiger charge is 2.05. The third-order valence-electron chi connectivity index (χ3n) is 3.60. The lowest BCUT2D eigenvalue weighted by atomic mass is 10.0. The lowest BCUT2D eigenvalue weighted by Gasteiger charge is -2.13. The fraction of sp³-hybridized carbons (Fsp3) is 0.100. The van der Waals surface area contributed by atoms with Crippen molar-refractivity contribution in [3.8, 4) is 16.9 Å². The highest BCUT2D eigenvalue weighted by molar-refractivity contribution is 5.81. The summed E-state index contributed by atoms with van der Waals surface area (Å²) in [5, 5.41) is 3.49. The summed E-state index contributed by atoms with van der Waals surface area (Å²) >= 11 is 0. The fourth-order valence-electron chi connectivity index (χ4n) is 2.51. The molecule has 2 heteroatoms. The first-order chi connectivity index (χ1) is 10.8. The van der Waals surface area contributed by atoms with E-state index in [1.807, 2.05) is 30.3 Å². The Morgan fingerprint density at radius 2 is 1.64 bits per heavy atom. The molecule has 0 aliphatic heterocycles. The van der Waals surface area contributed by atoms with Gasteiger partial charge in [0.05, 0.1) is 7.11 Å². The van der Waals surface area contributed by atoms with Crippen LogP contribution in [-0.2, 0) is 0 Å². The van der Waals surface area contributed by atoms with E-state index in [9.17, 15) is 0 Å². The molecule has 0 saturated carbocycles. The molecule has 0 amide bonds. The Labute approximate surface area is 131 Å². The molecule has 1 N–H and O–H groups in total. The minimum absolute atomic E-state index is 0.845. The van der Waals surface area contributed by atoms with Crippen LogP contribution in [0.3, 0.4) is 0 Å². The highest BCUT2D eigenvalue weighted by Crippen LogP contribution is 2.31. The van der Waals surface area contributed by atoms with Crippen LogP contribution in [-0.4, -0.2) is 7.11 Å². The van der Waals surface area contributed by atoms with E-state index in [2.05, 4.69) is 54.7 Å². The number of anilines is 2. The summed E-state index contributed by atoms with van der Waals surface area (Å²) in [6.45, 7) is 2.11. The van der Waals surface area contributed by atoms with Crippen molar-refractivity contribution in [2.24, 2.45) is 0 Å². The SMILES string of the molecule is COc1cccc(Nc2ccccc2-c2cccc(C)c2)c1. The van der Waals surface area contributed by atoms with Crippen molar-refractivity contribution in [1.29, 1.82) is 0 Å². The standard InChI is InChI=1S/C20H19NO/c1-15-7-5-8-16(13-15)19-11-3-4-12-20(19)21-17-9-6-10-18(14-17)22-2/h3-14,21H,1-2H3. The van der Waals surface area contributed by atoms with E-state index in [0.717, 1.165) is 17.1 Å². The molecule has 0 radical (unpaired) electrons. The summed E-state index contributed by atoms with van der Waals surface area (Å²) in [6, 6.07) is 24.8. The number of benzene rings is 3. The molecular weight excluding hydrogens is 270 g/mol. The number of nitrogens with one attached hydrogen (secondary N) is 1. The quantitative estimate of drug-likeness (QED) is 0.693. The van der Waals surface area contributed by atoms with Crippen molar-refractivity contribution >= 4 is 11.4 Å². The summed E-state index contributed by atoms with van der Waals surface area (Å²) in [7, 11) is 1.68. The maximum absolute atomic E-state index is 5.28. The van der Waals surface area contributed by atoms with Crippen LogP contribution in [0.25, 0.3) is 11.1 Å². The molecule has 3 aromatic rings. The lowest BCUT2D eigenvalue weighted by molar-refractivity contribution is 0.415. The van der Waals surface area contributed by atoms with Crippen LogP contribution < -0.4 is 10.1 Å². The van der Waals surface area contributed by atoms with Crippen molar-refractivity contribution in [3.63, 3.8) is 0 Å². The topological polar surface area (TPSA) is 21.3 Å². The Hall–Kier alpha value is -2.74. The number of hydrogen-bond acceptors (Lipinski definition) is 2. The smallest absolute Gasteiger partial charge is 0.120 e. The minimum Gasteiger partial charge on any atom is -0.497 e. The number of methoxy groups -OCH3 is 1. The van der Waals surface area contributed by atoms with Gasteiger partial charge in [-0.2, -0.15) is 0 Å². The van der Waals surface area contributed by atoms with Crippen molar-refractivity contribution in [1.82, 2.24) is 0 Å². The summed E-state index contributed by atoms with van der Waals surface area (Å²) < 4.78 is 5.28. The molecule has 0 heterocycles. The van der Waals surface area contributed by atoms with Crippen molar-refractivity contribution in [2.75, 3.05) is 12.4 Å². The van der Waals surface area contributed by atoms with E-state index in [0.29, 0.717) is 0 Å². The molecule has 3 aromatic carbocycles. The summed E-state index contributed by atoms with van der Waals surface area (Å²) in [5.41, 5.74) is 5.76. The van der Waals surface area contributed by atoms with Gasteiger partial charge >= 0.3 is 0 Å². The molecule has 0 atom stereocenters. The Morgan fingerprint density at radius 3 is 2.45 bits per heavy atom. The second-order valence-electron chi connectivity index (χ2n) is 5.27. The summed E-state index contributed by atoms with van der Waals surface area (Å²) in [4.78, 5) is 0. The Balaban J connectivity index is 1.97. The van der Waals surface area contributed by atoms with E-state index in [4.69, 9.17) is 4.74 Å². The first kappa shape index (κ1) is 14.2. The zero-order chi connectivity index (χ0) is 15.4. The van der Waals surface area contributed by atoms with E-state index in [-0.39, 0.29) is 0 Å². The van der Waals surface area contributed by atoms with Crippen molar-refractivity contribution in [3.05, 3.63) is 78.4 Å². The normalized spacial score (nSPS) is 10.3. The molecule has 0 saturated heterocycles. The number of rotatable bonds is 4. The molecule has 0 aromatic heterocycles. The van der Waals surface area contributed by atoms with Crippen LogP contribution in [0.4, 0.5) is 11.4 Å². The van der Waals surface area contributed by atoms with Crippen LogP contribution in [0.1, 0.15) is 5.56 Å². The molecule has 3 rings (SSSR count). The molecular formula is C20H19NO. The molecule has 22 heavy (non-hydrogen) atoms. The molecule has 0 aliphatic rings. The van der Waals surface area contributed by atoms with Crippen LogP contribution >= 0.6 is 0 Å². The molecule has 0 bridgehead atoms.